The molecule has 1 unspecified atom stereocenters. The molecule has 0 radical (unpaired) electrons. The summed E-state index contributed by atoms with van der Waals surface area (Å²) in [6.07, 6.45) is 7.73. The van der Waals surface area contributed by atoms with Gasteiger partial charge in [-0.15, -0.1) is 6.42 Å². The minimum Gasteiger partial charge on any atom is -0.476 e. The molecule has 0 fully saturated rings. The van der Waals surface area contributed by atoms with Crippen molar-refractivity contribution in [3.63, 3.8) is 0 Å². The van der Waals surface area contributed by atoms with Crippen molar-refractivity contribution in [1.29, 1.82) is 0 Å². The summed E-state index contributed by atoms with van der Waals surface area (Å²) in [5.74, 6) is 1.68. The number of terminal acetylenes is 1. The van der Waals surface area contributed by atoms with Crippen molar-refractivity contribution < 1.29 is 9.90 Å². The largest absolute Gasteiger partial charge is 0.476 e. The highest BCUT2D eigenvalue weighted by Crippen LogP contribution is 2.03. The lowest BCUT2D eigenvalue weighted by Gasteiger charge is -2.07. The number of hydrogen-bond acceptors (Lipinski definition) is 4. The average Bonchev–Trinajstić information content (AvgIpc) is 2.18. The van der Waals surface area contributed by atoms with Gasteiger partial charge >= 0.3 is 5.97 Å². The van der Waals surface area contributed by atoms with Crippen LogP contribution in [0.3, 0.4) is 0 Å². The number of nitrogens with zero attached hydrogens (tertiary/aromatic N) is 2. The molecular formula is C9H9N3O2. The molecule has 0 spiro atoms. The fourth-order valence-electron chi connectivity index (χ4n) is 0.802. The molecule has 5 nitrogen and oxygen atoms in total. The van der Waals surface area contributed by atoms with E-state index in [2.05, 4.69) is 21.2 Å². The van der Waals surface area contributed by atoms with Crippen LogP contribution in [0, 0.1) is 12.3 Å². The maximum atomic E-state index is 10.5. The minimum absolute atomic E-state index is 0.112. The number of rotatable bonds is 3. The summed E-state index contributed by atoms with van der Waals surface area (Å²) >= 11 is 0. The first-order valence-electron chi connectivity index (χ1n) is 3.91. The number of aromatic carboxylic acids is 1. The van der Waals surface area contributed by atoms with E-state index in [-0.39, 0.29) is 11.7 Å². The van der Waals surface area contributed by atoms with Gasteiger partial charge in [0.2, 0.25) is 0 Å². The van der Waals surface area contributed by atoms with Crippen LogP contribution in [-0.4, -0.2) is 27.1 Å². The number of hydrogen-bond donors (Lipinski definition) is 2. The van der Waals surface area contributed by atoms with Gasteiger partial charge in [-0.3, -0.25) is 4.98 Å². The highest BCUT2D eigenvalue weighted by atomic mass is 16.4. The molecule has 1 aromatic heterocycles. The lowest BCUT2D eigenvalue weighted by Crippen LogP contribution is -2.14. The smallest absolute Gasteiger partial charge is 0.356 e. The molecule has 1 rings (SSSR count). The number of carboxylic acid groups (broad SMARTS) is 1. The van der Waals surface area contributed by atoms with Crippen LogP contribution >= 0.6 is 0 Å². The summed E-state index contributed by atoms with van der Waals surface area (Å²) in [5, 5.41) is 11.4. The standard InChI is InChI=1S/C9H9N3O2/c1-3-6(2)11-8-5-10-4-7(12-8)9(13)14/h1,4-6H,2H3,(H,11,12)(H,13,14). The Bertz CT molecular complexity index is 384. The summed E-state index contributed by atoms with van der Waals surface area (Å²) < 4.78 is 0. The second-order valence-electron chi connectivity index (χ2n) is 2.63. The van der Waals surface area contributed by atoms with E-state index in [1.165, 1.54) is 12.4 Å². The van der Waals surface area contributed by atoms with E-state index in [0.717, 1.165) is 0 Å². The van der Waals surface area contributed by atoms with E-state index in [1.807, 2.05) is 0 Å². The predicted molar refractivity (Wildman–Crippen MR) is 50.9 cm³/mol. The Kier molecular flexibility index (Phi) is 3.02. The molecule has 14 heavy (non-hydrogen) atoms. The van der Waals surface area contributed by atoms with Crippen molar-refractivity contribution in [2.24, 2.45) is 0 Å². The monoisotopic (exact) mass is 191 g/mol. The molecule has 0 bridgehead atoms. The molecule has 1 aromatic rings. The molecule has 2 N–H and O–H groups in total. The van der Waals surface area contributed by atoms with Crippen molar-refractivity contribution in [2.45, 2.75) is 13.0 Å². The summed E-state index contributed by atoms with van der Waals surface area (Å²) in [7, 11) is 0. The quantitative estimate of drug-likeness (QED) is 0.684. The first-order valence-corrected chi connectivity index (χ1v) is 3.91. The summed E-state index contributed by atoms with van der Waals surface area (Å²) in [6, 6.07) is -0.214. The molecule has 0 saturated heterocycles. The summed E-state index contributed by atoms with van der Waals surface area (Å²) in [6.45, 7) is 1.76. The van der Waals surface area contributed by atoms with Gasteiger partial charge in [-0.1, -0.05) is 5.92 Å². The highest BCUT2D eigenvalue weighted by Gasteiger charge is 2.06. The third-order valence-electron chi connectivity index (χ3n) is 1.47. The Balaban J connectivity index is 2.85. The third-order valence-corrected chi connectivity index (χ3v) is 1.47. The second kappa shape index (κ2) is 4.23. The van der Waals surface area contributed by atoms with Gasteiger partial charge in [0, 0.05) is 0 Å². The van der Waals surface area contributed by atoms with Gasteiger partial charge in [-0.2, -0.15) is 0 Å². The lowest BCUT2D eigenvalue weighted by molar-refractivity contribution is 0.0690. The molecule has 0 aliphatic heterocycles. The van der Waals surface area contributed by atoms with Crippen molar-refractivity contribution >= 4 is 11.8 Å². The SMILES string of the molecule is C#CC(C)Nc1cncc(C(=O)O)n1. The van der Waals surface area contributed by atoms with Gasteiger partial charge in [0.15, 0.2) is 5.69 Å². The van der Waals surface area contributed by atoms with Crippen molar-refractivity contribution in [3.8, 4) is 12.3 Å². The molecular weight excluding hydrogens is 182 g/mol. The van der Waals surface area contributed by atoms with E-state index in [0.29, 0.717) is 5.82 Å². The van der Waals surface area contributed by atoms with Crippen molar-refractivity contribution in [3.05, 3.63) is 18.1 Å². The number of anilines is 1. The average molecular weight is 191 g/mol. The second-order valence-corrected chi connectivity index (χ2v) is 2.63. The van der Waals surface area contributed by atoms with Gasteiger partial charge in [0.25, 0.3) is 0 Å². The molecule has 0 amide bonds. The highest BCUT2D eigenvalue weighted by molar-refractivity contribution is 5.85. The Labute approximate surface area is 81.2 Å². The molecule has 1 atom stereocenters. The van der Waals surface area contributed by atoms with Gasteiger partial charge in [0.1, 0.15) is 5.82 Å². The van der Waals surface area contributed by atoms with Gasteiger partial charge in [-0.05, 0) is 6.92 Å². The van der Waals surface area contributed by atoms with Crippen LogP contribution < -0.4 is 5.32 Å². The van der Waals surface area contributed by atoms with Crippen molar-refractivity contribution in [1.82, 2.24) is 9.97 Å². The van der Waals surface area contributed by atoms with Crippen molar-refractivity contribution in [2.75, 3.05) is 5.32 Å². The van der Waals surface area contributed by atoms with Crippen LogP contribution in [-0.2, 0) is 0 Å². The van der Waals surface area contributed by atoms with Gasteiger partial charge in [-0.25, -0.2) is 9.78 Å². The predicted octanol–water partition coefficient (Wildman–Crippen LogP) is 0.608. The number of aromatic nitrogens is 2. The van der Waals surface area contributed by atoms with E-state index in [9.17, 15) is 4.79 Å². The molecule has 0 aromatic carbocycles. The number of carboxylic acids is 1. The maximum absolute atomic E-state index is 10.5. The zero-order valence-electron chi connectivity index (χ0n) is 7.56. The molecule has 0 saturated carbocycles. The van der Waals surface area contributed by atoms with Crippen LogP contribution in [0.2, 0.25) is 0 Å². The normalized spacial score (nSPS) is 11.4. The molecule has 72 valence electrons. The Morgan fingerprint density at radius 2 is 2.43 bits per heavy atom. The Hall–Kier alpha value is -2.09. The number of nitrogens with one attached hydrogen (secondary N) is 1. The van der Waals surface area contributed by atoms with Crippen LogP contribution in [0.5, 0.6) is 0 Å². The fraction of sp³-hybridized carbons (Fsp3) is 0.222. The zero-order chi connectivity index (χ0) is 10.6. The topological polar surface area (TPSA) is 75.1 Å². The molecule has 0 aliphatic rings. The van der Waals surface area contributed by atoms with E-state index < -0.39 is 5.97 Å². The van der Waals surface area contributed by atoms with Crippen LogP contribution in [0.4, 0.5) is 5.82 Å². The molecule has 1 heterocycles. The molecule has 5 heteroatoms. The van der Waals surface area contributed by atoms with Crippen LogP contribution in [0.15, 0.2) is 12.4 Å². The summed E-state index contributed by atoms with van der Waals surface area (Å²) in [4.78, 5) is 18.0. The lowest BCUT2D eigenvalue weighted by atomic mass is 10.3. The zero-order valence-corrected chi connectivity index (χ0v) is 7.56. The van der Waals surface area contributed by atoms with Gasteiger partial charge < -0.3 is 10.4 Å². The summed E-state index contributed by atoms with van der Waals surface area (Å²) in [5.41, 5.74) is -0.112. The molecule has 0 aliphatic carbocycles. The van der Waals surface area contributed by atoms with Crippen LogP contribution in [0.1, 0.15) is 17.4 Å². The third kappa shape index (κ3) is 2.45. The van der Waals surface area contributed by atoms with E-state index in [4.69, 9.17) is 11.5 Å². The van der Waals surface area contributed by atoms with Crippen LogP contribution in [0.25, 0.3) is 0 Å². The van der Waals surface area contributed by atoms with Gasteiger partial charge in [0.05, 0.1) is 18.4 Å². The minimum atomic E-state index is -1.12. The first-order chi connectivity index (χ1) is 6.63. The fourth-order valence-corrected chi connectivity index (χ4v) is 0.802. The first kappa shape index (κ1) is 9.99. The van der Waals surface area contributed by atoms with E-state index >= 15 is 0 Å². The number of carbonyl (C=O) groups is 1. The Morgan fingerprint density at radius 3 is 3.00 bits per heavy atom. The maximum Gasteiger partial charge on any atom is 0.356 e. The van der Waals surface area contributed by atoms with E-state index in [1.54, 1.807) is 6.92 Å². The Morgan fingerprint density at radius 1 is 1.71 bits per heavy atom.